The molecule has 1 rings (SSSR count). The Morgan fingerprint density at radius 2 is 2.17 bits per heavy atom. The number of aromatic nitrogens is 2. The van der Waals surface area contributed by atoms with Crippen molar-refractivity contribution in [2.24, 2.45) is 0 Å². The van der Waals surface area contributed by atoms with Crippen LogP contribution in [-0.4, -0.2) is 36.8 Å². The highest BCUT2D eigenvalue weighted by Crippen LogP contribution is 2.24. The number of halogens is 1. The van der Waals surface area contributed by atoms with E-state index in [2.05, 4.69) is 33.3 Å². The van der Waals surface area contributed by atoms with Crippen LogP contribution in [0, 0.1) is 0 Å². The third kappa shape index (κ3) is 4.37. The molecule has 0 bridgehead atoms. The number of rotatable bonds is 7. The molecule has 1 aromatic rings. The minimum atomic E-state index is -3.05. The summed E-state index contributed by atoms with van der Waals surface area (Å²) in [5.41, 5.74) is 0.899. The third-order valence-corrected chi connectivity index (χ3v) is 4.12. The van der Waals surface area contributed by atoms with E-state index in [1.807, 2.05) is 11.6 Å². The van der Waals surface area contributed by atoms with Crippen LogP contribution in [0.4, 0.5) is 0 Å². The summed E-state index contributed by atoms with van der Waals surface area (Å²) in [5.74, 6) is 0.0806. The maximum Gasteiger partial charge on any atom is 0.149 e. The fourth-order valence-corrected chi connectivity index (χ4v) is 3.28. The van der Waals surface area contributed by atoms with E-state index in [1.165, 1.54) is 6.26 Å². The van der Waals surface area contributed by atoms with Gasteiger partial charge < -0.3 is 5.32 Å². The van der Waals surface area contributed by atoms with Gasteiger partial charge in [-0.1, -0.05) is 6.92 Å². The summed E-state index contributed by atoms with van der Waals surface area (Å²) in [6.07, 6.45) is 3.92. The van der Waals surface area contributed by atoms with Crippen molar-refractivity contribution in [3.8, 4) is 0 Å². The number of aryl methyl sites for hydroxylation is 1. The van der Waals surface area contributed by atoms with Gasteiger partial charge in [-0.25, -0.2) is 8.42 Å². The van der Waals surface area contributed by atoms with Gasteiger partial charge in [0.15, 0.2) is 0 Å². The Labute approximate surface area is 117 Å². The van der Waals surface area contributed by atoms with Crippen LogP contribution in [-0.2, 0) is 16.4 Å². The summed E-state index contributed by atoms with van der Waals surface area (Å²) in [6, 6.07) is -0.225. The van der Waals surface area contributed by atoms with Crippen molar-refractivity contribution < 1.29 is 8.42 Å². The molecule has 1 N–H and O–H groups in total. The van der Waals surface area contributed by atoms with E-state index in [1.54, 1.807) is 6.20 Å². The predicted molar refractivity (Wildman–Crippen MR) is 76.3 cm³/mol. The molecule has 5 nitrogen and oxygen atoms in total. The molecule has 0 saturated carbocycles. The second-order valence-electron chi connectivity index (χ2n) is 4.29. The molecule has 18 heavy (non-hydrogen) atoms. The molecule has 0 spiro atoms. The van der Waals surface area contributed by atoms with Gasteiger partial charge in [0, 0.05) is 12.8 Å². The SMILES string of the molecule is CCCNC(CS(C)(=O)=O)c1c(Br)cnn1CC. The largest absolute Gasteiger partial charge is 0.308 e. The summed E-state index contributed by atoms with van der Waals surface area (Å²) in [4.78, 5) is 0. The van der Waals surface area contributed by atoms with Crippen LogP contribution >= 0.6 is 15.9 Å². The Balaban J connectivity index is 3.04. The van der Waals surface area contributed by atoms with Crippen molar-refractivity contribution in [2.45, 2.75) is 32.9 Å². The lowest BCUT2D eigenvalue weighted by molar-refractivity contribution is 0.501. The van der Waals surface area contributed by atoms with Gasteiger partial charge in [0.05, 0.1) is 28.2 Å². The monoisotopic (exact) mass is 337 g/mol. The zero-order valence-electron chi connectivity index (χ0n) is 11.0. The van der Waals surface area contributed by atoms with E-state index in [9.17, 15) is 8.42 Å². The highest BCUT2D eigenvalue weighted by Gasteiger charge is 2.23. The van der Waals surface area contributed by atoms with Crippen molar-refractivity contribution in [2.75, 3.05) is 18.6 Å². The minimum Gasteiger partial charge on any atom is -0.308 e. The van der Waals surface area contributed by atoms with Crippen LogP contribution < -0.4 is 5.32 Å². The summed E-state index contributed by atoms with van der Waals surface area (Å²) in [6.45, 7) is 5.54. The lowest BCUT2D eigenvalue weighted by Crippen LogP contribution is -2.30. The standard InChI is InChI=1S/C11H20BrN3O2S/c1-4-6-13-10(8-18(3,16)17)11-9(12)7-14-15(11)5-2/h7,10,13H,4-6,8H2,1-3H3. The van der Waals surface area contributed by atoms with Gasteiger partial charge >= 0.3 is 0 Å². The zero-order valence-corrected chi connectivity index (χ0v) is 13.4. The number of sulfone groups is 1. The molecular weight excluding hydrogens is 318 g/mol. The van der Waals surface area contributed by atoms with E-state index in [0.29, 0.717) is 0 Å². The molecule has 0 aliphatic carbocycles. The average molecular weight is 338 g/mol. The molecule has 1 atom stereocenters. The van der Waals surface area contributed by atoms with Gasteiger partial charge in [0.2, 0.25) is 0 Å². The first-order chi connectivity index (χ1) is 8.39. The Hall–Kier alpha value is -0.400. The lowest BCUT2D eigenvalue weighted by atomic mass is 10.2. The van der Waals surface area contributed by atoms with E-state index in [4.69, 9.17) is 0 Å². The van der Waals surface area contributed by atoms with Gasteiger partial charge in [-0.3, -0.25) is 4.68 Å². The maximum absolute atomic E-state index is 11.5. The first kappa shape index (κ1) is 15.7. The fraction of sp³-hybridized carbons (Fsp3) is 0.727. The van der Waals surface area contributed by atoms with Crippen molar-refractivity contribution in [3.05, 3.63) is 16.4 Å². The molecule has 0 aliphatic heterocycles. The van der Waals surface area contributed by atoms with Crippen molar-refractivity contribution in [1.29, 1.82) is 0 Å². The van der Waals surface area contributed by atoms with Crippen LogP contribution in [0.3, 0.4) is 0 Å². The molecule has 104 valence electrons. The normalized spacial score (nSPS) is 13.8. The fourth-order valence-electron chi connectivity index (χ4n) is 1.83. The Morgan fingerprint density at radius 1 is 1.50 bits per heavy atom. The van der Waals surface area contributed by atoms with Crippen molar-refractivity contribution in [3.63, 3.8) is 0 Å². The van der Waals surface area contributed by atoms with E-state index < -0.39 is 9.84 Å². The third-order valence-electron chi connectivity index (χ3n) is 2.57. The summed E-state index contributed by atoms with van der Waals surface area (Å²) in [5, 5.41) is 7.50. The summed E-state index contributed by atoms with van der Waals surface area (Å²) >= 11 is 3.44. The van der Waals surface area contributed by atoms with Gasteiger partial charge in [-0.15, -0.1) is 0 Å². The molecule has 1 unspecified atom stereocenters. The Morgan fingerprint density at radius 3 is 2.67 bits per heavy atom. The summed E-state index contributed by atoms with van der Waals surface area (Å²) < 4.78 is 25.7. The molecule has 0 fully saturated rings. The molecule has 7 heteroatoms. The molecule has 0 aliphatic rings. The Bertz CT molecular complexity index is 484. The van der Waals surface area contributed by atoms with Crippen LogP contribution in [0.2, 0.25) is 0 Å². The number of nitrogens with zero attached hydrogens (tertiary/aromatic N) is 2. The number of hydrogen-bond acceptors (Lipinski definition) is 4. The summed E-state index contributed by atoms with van der Waals surface area (Å²) in [7, 11) is -3.05. The highest BCUT2D eigenvalue weighted by atomic mass is 79.9. The van der Waals surface area contributed by atoms with E-state index >= 15 is 0 Å². The molecule has 1 aromatic heterocycles. The first-order valence-corrected chi connectivity index (χ1v) is 8.86. The van der Waals surface area contributed by atoms with Crippen molar-refractivity contribution in [1.82, 2.24) is 15.1 Å². The molecule has 1 heterocycles. The van der Waals surface area contributed by atoms with E-state index in [0.717, 1.165) is 29.7 Å². The van der Waals surface area contributed by atoms with Crippen LogP contribution in [0.5, 0.6) is 0 Å². The molecule has 0 radical (unpaired) electrons. The topological polar surface area (TPSA) is 64.0 Å². The quantitative estimate of drug-likeness (QED) is 0.823. The van der Waals surface area contributed by atoms with Gasteiger partial charge in [-0.05, 0) is 35.8 Å². The lowest BCUT2D eigenvalue weighted by Gasteiger charge is -2.19. The van der Waals surface area contributed by atoms with Gasteiger partial charge in [-0.2, -0.15) is 5.10 Å². The van der Waals surface area contributed by atoms with Crippen LogP contribution in [0.1, 0.15) is 32.0 Å². The zero-order chi connectivity index (χ0) is 13.8. The number of hydrogen-bond donors (Lipinski definition) is 1. The second kappa shape index (κ2) is 6.68. The van der Waals surface area contributed by atoms with Crippen LogP contribution in [0.25, 0.3) is 0 Å². The molecule has 0 aromatic carbocycles. The molecule has 0 saturated heterocycles. The maximum atomic E-state index is 11.5. The van der Waals surface area contributed by atoms with Gasteiger partial charge in [0.1, 0.15) is 9.84 Å². The van der Waals surface area contributed by atoms with Crippen molar-refractivity contribution >= 4 is 25.8 Å². The predicted octanol–water partition coefficient (Wildman–Crippen LogP) is 1.75. The minimum absolute atomic E-state index is 0.0806. The molecular formula is C11H20BrN3O2S. The number of nitrogens with one attached hydrogen (secondary N) is 1. The van der Waals surface area contributed by atoms with Gasteiger partial charge in [0.25, 0.3) is 0 Å². The van der Waals surface area contributed by atoms with E-state index in [-0.39, 0.29) is 11.8 Å². The first-order valence-electron chi connectivity index (χ1n) is 6.01. The molecule has 0 amide bonds. The smallest absolute Gasteiger partial charge is 0.149 e. The average Bonchev–Trinajstić information content (AvgIpc) is 2.64. The Kier molecular flexibility index (Phi) is 5.81. The highest BCUT2D eigenvalue weighted by molar-refractivity contribution is 9.10. The second-order valence-corrected chi connectivity index (χ2v) is 7.33. The van der Waals surface area contributed by atoms with Crippen LogP contribution in [0.15, 0.2) is 10.7 Å².